The Bertz CT molecular complexity index is 1940. The minimum Gasteiger partial charge on any atom is -0.483 e. The van der Waals surface area contributed by atoms with E-state index in [2.05, 4.69) is 68.7 Å². The van der Waals surface area contributed by atoms with Gasteiger partial charge in [-0.3, -0.25) is 19.2 Å². The number of aryl methyl sites for hydroxylation is 1. The number of carboxylic acid groups (broad SMARTS) is 1. The van der Waals surface area contributed by atoms with Gasteiger partial charge >= 0.3 is 6.03 Å². The lowest BCUT2D eigenvalue weighted by Gasteiger charge is -2.26. The van der Waals surface area contributed by atoms with Crippen molar-refractivity contribution in [1.82, 2.24) is 41.0 Å². The molecule has 0 spiro atoms. The van der Waals surface area contributed by atoms with Crippen molar-refractivity contribution < 1.29 is 29.1 Å². The first kappa shape index (κ1) is 47.8. The number of amides is 5. The third kappa shape index (κ3) is 15.3. The van der Waals surface area contributed by atoms with Gasteiger partial charge in [0.2, 0.25) is 11.8 Å². The van der Waals surface area contributed by atoms with Crippen LogP contribution >= 0.6 is 0 Å². The van der Waals surface area contributed by atoms with Gasteiger partial charge in [0.05, 0.1) is 18.4 Å². The molecule has 0 aliphatic carbocycles. The fraction of sp³-hybridized carbons (Fsp3) is 0.348. The zero-order valence-corrected chi connectivity index (χ0v) is 35.0. The summed E-state index contributed by atoms with van der Waals surface area (Å²) in [5.74, 6) is 0.553. The topological polar surface area (TPSA) is 189 Å². The molecule has 5 amide bonds. The Balaban J connectivity index is 0.00000128. The van der Waals surface area contributed by atoms with E-state index in [-0.39, 0.29) is 48.9 Å². The number of aromatic nitrogens is 2. The van der Waals surface area contributed by atoms with Crippen LogP contribution in [0, 0.1) is 0 Å². The van der Waals surface area contributed by atoms with Crippen molar-refractivity contribution >= 4 is 30.2 Å². The number of rotatable bonds is 18. The first-order chi connectivity index (χ1) is 29.1. The van der Waals surface area contributed by atoms with Crippen molar-refractivity contribution in [3.63, 3.8) is 0 Å². The highest BCUT2D eigenvalue weighted by atomic mass is 16.3. The molecule has 6 N–H and O–H groups in total. The zero-order chi connectivity index (χ0) is 43.7. The Morgan fingerprint density at radius 2 is 1.57 bits per heavy atom. The van der Waals surface area contributed by atoms with Crippen molar-refractivity contribution in [1.29, 1.82) is 0 Å². The summed E-state index contributed by atoms with van der Waals surface area (Å²) in [6, 6.07) is 24.7. The number of carbonyl (C=O) groups is 5. The number of imidazole rings is 1. The third-order valence-electron chi connectivity index (χ3n) is 9.79. The molecule has 14 heteroatoms. The molecule has 0 saturated carbocycles. The summed E-state index contributed by atoms with van der Waals surface area (Å²) in [6.07, 6.45) is 10.2. The average Bonchev–Trinajstić information content (AvgIpc) is 3.96. The third-order valence-corrected chi connectivity index (χ3v) is 9.79. The normalized spacial score (nSPS) is 13.2. The molecule has 4 aromatic rings. The van der Waals surface area contributed by atoms with E-state index >= 15 is 0 Å². The second kappa shape index (κ2) is 26.5. The van der Waals surface area contributed by atoms with Gasteiger partial charge in [-0.25, -0.2) is 9.78 Å². The molecule has 1 fully saturated rings. The molecule has 1 aromatic heterocycles. The maximum Gasteiger partial charge on any atom is 0.317 e. The van der Waals surface area contributed by atoms with E-state index in [9.17, 15) is 19.2 Å². The lowest BCUT2D eigenvalue weighted by Crippen LogP contribution is -2.48. The van der Waals surface area contributed by atoms with Crippen LogP contribution in [0.15, 0.2) is 110 Å². The van der Waals surface area contributed by atoms with Gasteiger partial charge in [0.1, 0.15) is 11.9 Å². The summed E-state index contributed by atoms with van der Waals surface area (Å²) in [5, 5.41) is 18.7. The molecule has 1 aliphatic rings. The summed E-state index contributed by atoms with van der Waals surface area (Å²) in [4.78, 5) is 70.3. The summed E-state index contributed by atoms with van der Waals surface area (Å²) in [5.41, 5.74) is 5.49. The predicted molar refractivity (Wildman–Crippen MR) is 236 cm³/mol. The van der Waals surface area contributed by atoms with Crippen molar-refractivity contribution in [2.45, 2.75) is 57.5 Å². The summed E-state index contributed by atoms with van der Waals surface area (Å²) in [7, 11) is 3.50. The Hall–Kier alpha value is -6.54. The number of carbonyl (C=O) groups excluding carboxylic acids is 4. The largest absolute Gasteiger partial charge is 0.483 e. The van der Waals surface area contributed by atoms with E-state index in [4.69, 9.17) is 9.90 Å². The minimum absolute atomic E-state index is 0.0302. The second-order valence-corrected chi connectivity index (χ2v) is 14.0. The molecular weight excluding hydrogens is 761 g/mol. The molecule has 14 nitrogen and oxygen atoms in total. The van der Waals surface area contributed by atoms with Crippen LogP contribution in [0.25, 0.3) is 22.4 Å². The van der Waals surface area contributed by atoms with Gasteiger partial charge in [-0.05, 0) is 73.5 Å². The molecule has 60 heavy (non-hydrogen) atoms. The van der Waals surface area contributed by atoms with Gasteiger partial charge in [0.25, 0.3) is 12.4 Å². The van der Waals surface area contributed by atoms with E-state index in [1.807, 2.05) is 67.7 Å². The molecule has 2 unspecified atom stereocenters. The van der Waals surface area contributed by atoms with Crippen molar-refractivity contribution in [3.05, 3.63) is 127 Å². The lowest BCUT2D eigenvalue weighted by atomic mass is 10.0. The highest BCUT2D eigenvalue weighted by molar-refractivity contribution is 5.94. The summed E-state index contributed by atoms with van der Waals surface area (Å²) >= 11 is 0. The Kier molecular flexibility index (Phi) is 21.1. The Morgan fingerprint density at radius 3 is 2.18 bits per heavy atom. The molecule has 0 bridgehead atoms. The van der Waals surface area contributed by atoms with E-state index < -0.39 is 0 Å². The number of H-pyrrole nitrogens is 1. The van der Waals surface area contributed by atoms with Crippen molar-refractivity contribution in [2.75, 3.05) is 46.8 Å². The molecule has 2 atom stereocenters. The SMILES string of the molecule is C=CC=C.CCCN(C)C(=O)NCC(=O)N1CCCC1CNC(=O)c1ccc(-c2ccc(-c3cnc(CCCCNC(=O)C(NC)c4ccccc4)[nH]3)cc2)cc1.O=CO. The monoisotopic (exact) mass is 820 g/mol. The van der Waals surface area contributed by atoms with E-state index in [0.717, 1.165) is 72.3 Å². The molecule has 5 rings (SSSR count). The summed E-state index contributed by atoms with van der Waals surface area (Å²) < 4.78 is 0. The van der Waals surface area contributed by atoms with E-state index in [1.54, 1.807) is 36.0 Å². The van der Waals surface area contributed by atoms with Crippen LogP contribution in [-0.4, -0.2) is 108 Å². The molecule has 1 saturated heterocycles. The maximum atomic E-state index is 13.0. The lowest BCUT2D eigenvalue weighted by molar-refractivity contribution is -0.131. The standard InChI is InChI=1S/C41H52N8O4.C4H6.CH2O2/c1-4-24-48(3)41(53)46-28-37(50)49-25-10-13-34(49)26-45-39(51)33-21-17-30(18-22-33)29-15-19-31(20-16-29)35-27-44-36(47-35)14-8-9-23-43-40(52)38(42-2)32-11-6-5-7-12-32;1-3-4-2;2-1-3/h5-7,11-12,15-22,27,34,38,42H,4,8-10,13-14,23-26,28H2,1-3H3,(H,43,52)(H,44,47)(H,45,51)(H,46,53);3-4H,1-2H2;1H,(H,2,3). The number of hydrogen-bond donors (Lipinski definition) is 6. The Labute approximate surface area is 353 Å². The number of nitrogens with one attached hydrogen (secondary N) is 5. The van der Waals surface area contributed by atoms with Crippen LogP contribution in [0.2, 0.25) is 0 Å². The molecular formula is C46H60N8O6. The molecule has 3 aromatic carbocycles. The van der Waals surface area contributed by atoms with E-state index in [0.29, 0.717) is 31.7 Å². The number of aromatic amines is 1. The number of urea groups is 1. The molecule has 1 aliphatic heterocycles. The number of likely N-dealkylation sites (N-methyl/N-ethyl adjacent to an activating group) is 1. The second-order valence-electron chi connectivity index (χ2n) is 14.0. The smallest absolute Gasteiger partial charge is 0.317 e. The highest BCUT2D eigenvalue weighted by Gasteiger charge is 2.29. The number of likely N-dealkylation sites (tertiary alicyclic amines) is 1. The molecule has 0 radical (unpaired) electrons. The number of hydrogen-bond acceptors (Lipinski definition) is 7. The number of allylic oxidation sites excluding steroid dienone is 2. The number of benzene rings is 3. The molecule has 320 valence electrons. The summed E-state index contributed by atoms with van der Waals surface area (Å²) in [6.45, 7) is 10.6. The maximum absolute atomic E-state index is 13.0. The predicted octanol–water partition coefficient (Wildman–Crippen LogP) is 5.97. The van der Waals surface area contributed by atoms with Crippen LogP contribution in [0.1, 0.15) is 66.8 Å². The van der Waals surface area contributed by atoms with Gasteiger partial charge in [0.15, 0.2) is 0 Å². The zero-order valence-electron chi connectivity index (χ0n) is 35.0. The average molecular weight is 821 g/mol. The van der Waals surface area contributed by atoms with Gasteiger partial charge in [-0.1, -0.05) is 99.0 Å². The van der Waals surface area contributed by atoms with Gasteiger partial charge in [-0.2, -0.15) is 0 Å². The van der Waals surface area contributed by atoms with Crippen LogP contribution in [0.4, 0.5) is 4.79 Å². The fourth-order valence-corrected chi connectivity index (χ4v) is 6.63. The number of nitrogens with zero attached hydrogens (tertiary/aromatic N) is 3. The van der Waals surface area contributed by atoms with Crippen LogP contribution in [0.5, 0.6) is 0 Å². The Morgan fingerprint density at radius 1 is 0.933 bits per heavy atom. The first-order valence-corrected chi connectivity index (χ1v) is 20.2. The highest BCUT2D eigenvalue weighted by Crippen LogP contribution is 2.25. The first-order valence-electron chi connectivity index (χ1n) is 20.2. The van der Waals surface area contributed by atoms with Crippen molar-refractivity contribution in [3.8, 4) is 22.4 Å². The minimum atomic E-state index is -0.368. The quantitative estimate of drug-likeness (QED) is 0.0402. The van der Waals surface area contributed by atoms with Gasteiger partial charge in [0, 0.05) is 51.3 Å². The van der Waals surface area contributed by atoms with Gasteiger partial charge in [-0.15, -0.1) is 0 Å². The van der Waals surface area contributed by atoms with Crippen LogP contribution < -0.4 is 21.3 Å². The van der Waals surface area contributed by atoms with E-state index in [1.165, 1.54) is 0 Å². The molecule has 2 heterocycles. The van der Waals surface area contributed by atoms with Crippen LogP contribution in [0.3, 0.4) is 0 Å². The van der Waals surface area contributed by atoms with Crippen molar-refractivity contribution in [2.24, 2.45) is 0 Å². The number of unbranched alkanes of at least 4 members (excludes halogenated alkanes) is 1. The van der Waals surface area contributed by atoms with Crippen LogP contribution in [-0.2, 0) is 20.8 Å². The van der Waals surface area contributed by atoms with Gasteiger partial charge < -0.3 is 41.2 Å². The fourth-order valence-electron chi connectivity index (χ4n) is 6.63.